The first-order chi connectivity index (χ1) is 2.27. The predicted octanol–water partition coefficient (Wildman–Crippen LogP) is 1.75. The molecule has 0 amide bonds. The summed E-state index contributed by atoms with van der Waals surface area (Å²) in [6.07, 6.45) is 1.72. The zero-order valence-corrected chi connectivity index (χ0v) is 7.58. The molecule has 0 rings (SSSR count). The second-order valence-corrected chi connectivity index (χ2v) is 1.05. The number of hydrogen-bond acceptors (Lipinski definition) is 0. The van der Waals surface area contributed by atoms with Crippen molar-refractivity contribution in [2.75, 3.05) is 0 Å². The average Bonchev–Trinajstić information content (AvgIpc) is 1.38. The summed E-state index contributed by atoms with van der Waals surface area (Å²) in [5.74, 6) is 0. The Morgan fingerprint density at radius 2 is 1.83 bits per heavy atom. The van der Waals surface area contributed by atoms with Gasteiger partial charge in [-0.15, -0.1) is 0 Å². The van der Waals surface area contributed by atoms with Gasteiger partial charge in [0.05, 0.1) is 0 Å². The van der Waals surface area contributed by atoms with Crippen LogP contribution in [0.1, 0.15) is 6.92 Å². The van der Waals surface area contributed by atoms with Crippen LogP contribution < -0.4 is 0 Å². The van der Waals surface area contributed by atoms with E-state index in [0.717, 1.165) is 5.57 Å². The minimum Gasteiger partial charge on any atom is -0.0988 e. The SMILES string of the molecule is C=CC(=C)C.[Hf]. The Morgan fingerprint density at radius 1 is 1.67 bits per heavy atom. The van der Waals surface area contributed by atoms with E-state index in [0.29, 0.717) is 0 Å². The van der Waals surface area contributed by atoms with Gasteiger partial charge in [-0.3, -0.25) is 0 Å². The molecule has 0 aliphatic rings. The van der Waals surface area contributed by atoms with Crippen LogP contribution in [0.15, 0.2) is 24.8 Å². The van der Waals surface area contributed by atoms with Crippen LogP contribution in [0.2, 0.25) is 0 Å². The van der Waals surface area contributed by atoms with Crippen molar-refractivity contribution in [1.82, 2.24) is 0 Å². The molecule has 0 heterocycles. The van der Waals surface area contributed by atoms with E-state index in [-0.39, 0.29) is 25.8 Å². The van der Waals surface area contributed by atoms with E-state index in [9.17, 15) is 0 Å². The molecule has 1 heteroatoms. The Hall–Kier alpha value is 0.350. The molecule has 0 bridgehead atoms. The van der Waals surface area contributed by atoms with Gasteiger partial charge in [-0.05, 0) is 6.92 Å². The number of rotatable bonds is 1. The Bertz CT molecular complexity index is 55.0. The second kappa shape index (κ2) is 5.35. The second-order valence-electron chi connectivity index (χ2n) is 1.05. The molecule has 0 N–H and O–H groups in total. The fourth-order valence-electron chi connectivity index (χ4n) is 0. The zero-order chi connectivity index (χ0) is 4.28. The molecule has 0 nitrogen and oxygen atoms in total. The van der Waals surface area contributed by atoms with Crippen LogP contribution >= 0.6 is 0 Å². The predicted molar refractivity (Wildman–Crippen MR) is 25.0 cm³/mol. The van der Waals surface area contributed by atoms with E-state index >= 15 is 0 Å². The van der Waals surface area contributed by atoms with Crippen LogP contribution in [-0.4, -0.2) is 0 Å². The topological polar surface area (TPSA) is 0 Å². The molecule has 0 aromatic rings. The van der Waals surface area contributed by atoms with Crippen LogP contribution in [0.4, 0.5) is 0 Å². The average molecular weight is 247 g/mol. The van der Waals surface area contributed by atoms with E-state index in [1.807, 2.05) is 6.92 Å². The minimum atomic E-state index is 0. The summed E-state index contributed by atoms with van der Waals surface area (Å²) in [4.78, 5) is 0. The van der Waals surface area contributed by atoms with Crippen LogP contribution in [-0.2, 0) is 25.8 Å². The van der Waals surface area contributed by atoms with Crippen molar-refractivity contribution in [3.05, 3.63) is 24.8 Å². The van der Waals surface area contributed by atoms with Gasteiger partial charge < -0.3 is 0 Å². The van der Waals surface area contributed by atoms with Gasteiger partial charge in [0.1, 0.15) is 0 Å². The first-order valence-electron chi connectivity index (χ1n) is 1.55. The summed E-state index contributed by atoms with van der Waals surface area (Å²) >= 11 is 0. The maximum atomic E-state index is 3.56. The largest absolute Gasteiger partial charge is 0.0988 e. The summed E-state index contributed by atoms with van der Waals surface area (Å²) in [5.41, 5.74) is 1.02. The first kappa shape index (κ1) is 9.61. The molecule has 0 aliphatic carbocycles. The molecule has 6 heavy (non-hydrogen) atoms. The Morgan fingerprint density at radius 3 is 1.83 bits per heavy atom. The molecular weight excluding hydrogens is 239 g/mol. The summed E-state index contributed by atoms with van der Waals surface area (Å²) < 4.78 is 0. The van der Waals surface area contributed by atoms with Crippen LogP contribution in [0.3, 0.4) is 0 Å². The monoisotopic (exact) mass is 248 g/mol. The van der Waals surface area contributed by atoms with Crippen molar-refractivity contribution < 1.29 is 25.8 Å². The third-order valence-electron chi connectivity index (χ3n) is 0.348. The Labute approximate surface area is 57.7 Å². The molecule has 0 radical (unpaired) electrons. The molecule has 0 spiro atoms. The van der Waals surface area contributed by atoms with E-state index in [1.54, 1.807) is 6.08 Å². The van der Waals surface area contributed by atoms with Gasteiger partial charge in [0.2, 0.25) is 0 Å². The van der Waals surface area contributed by atoms with Crippen molar-refractivity contribution in [2.45, 2.75) is 6.92 Å². The molecule has 0 fully saturated rings. The zero-order valence-electron chi connectivity index (χ0n) is 3.99. The van der Waals surface area contributed by atoms with Crippen LogP contribution in [0, 0.1) is 0 Å². The third kappa shape index (κ3) is 8.84. The molecule has 0 unspecified atom stereocenters. The summed E-state index contributed by atoms with van der Waals surface area (Å²) in [7, 11) is 0. The van der Waals surface area contributed by atoms with Gasteiger partial charge in [-0.25, -0.2) is 0 Å². The summed E-state index contributed by atoms with van der Waals surface area (Å²) in [6, 6.07) is 0. The molecular formula is C5H8Hf. The van der Waals surface area contributed by atoms with Crippen molar-refractivity contribution >= 4 is 0 Å². The van der Waals surface area contributed by atoms with Gasteiger partial charge in [-0.1, -0.05) is 24.8 Å². The Balaban J connectivity index is 0. The maximum Gasteiger partial charge on any atom is 0 e. The van der Waals surface area contributed by atoms with Crippen molar-refractivity contribution in [3.8, 4) is 0 Å². The minimum absolute atomic E-state index is 0. The van der Waals surface area contributed by atoms with Crippen LogP contribution in [0.5, 0.6) is 0 Å². The Kier molecular flexibility index (Phi) is 8.56. The van der Waals surface area contributed by atoms with Gasteiger partial charge in [0, 0.05) is 25.8 Å². The quantitative estimate of drug-likeness (QED) is 0.488. The molecule has 32 valence electrons. The maximum absolute atomic E-state index is 3.56. The van der Waals surface area contributed by atoms with Gasteiger partial charge in [0.25, 0.3) is 0 Å². The normalized spacial score (nSPS) is 5.50. The molecule has 0 aromatic heterocycles. The van der Waals surface area contributed by atoms with E-state index in [1.165, 1.54) is 0 Å². The summed E-state index contributed by atoms with van der Waals surface area (Å²) in [6.45, 7) is 8.93. The molecule has 0 aromatic carbocycles. The molecule has 0 atom stereocenters. The third-order valence-corrected chi connectivity index (χ3v) is 0.348. The standard InChI is InChI=1S/C5H8.Hf/c1-4-5(2)3;/h4H,1-2H2,3H3;. The van der Waals surface area contributed by atoms with Crippen molar-refractivity contribution in [3.63, 3.8) is 0 Å². The van der Waals surface area contributed by atoms with Crippen LogP contribution in [0.25, 0.3) is 0 Å². The van der Waals surface area contributed by atoms with E-state index < -0.39 is 0 Å². The first-order valence-corrected chi connectivity index (χ1v) is 1.55. The molecule has 0 saturated carbocycles. The van der Waals surface area contributed by atoms with E-state index in [4.69, 9.17) is 0 Å². The van der Waals surface area contributed by atoms with Gasteiger partial charge in [-0.2, -0.15) is 0 Å². The molecule has 0 aliphatic heterocycles. The van der Waals surface area contributed by atoms with Gasteiger partial charge >= 0.3 is 0 Å². The number of allylic oxidation sites excluding steroid dienone is 2. The van der Waals surface area contributed by atoms with Gasteiger partial charge in [0.15, 0.2) is 0 Å². The smallest absolute Gasteiger partial charge is 0 e. The fraction of sp³-hybridized carbons (Fsp3) is 0.200. The van der Waals surface area contributed by atoms with Crippen molar-refractivity contribution in [1.29, 1.82) is 0 Å². The fourth-order valence-corrected chi connectivity index (χ4v) is 0. The van der Waals surface area contributed by atoms with Crippen molar-refractivity contribution in [2.24, 2.45) is 0 Å². The number of hydrogen-bond donors (Lipinski definition) is 0. The van der Waals surface area contributed by atoms with E-state index in [2.05, 4.69) is 13.2 Å². The molecule has 0 saturated heterocycles. The summed E-state index contributed by atoms with van der Waals surface area (Å²) in [5, 5.41) is 0.